The molecule has 0 aromatic carbocycles. The Morgan fingerprint density at radius 3 is 2.14 bits per heavy atom. The van der Waals surface area contributed by atoms with E-state index in [1.807, 2.05) is 20.8 Å². The van der Waals surface area contributed by atoms with Crippen LogP contribution in [0.4, 0.5) is 0 Å². The Bertz CT molecular complexity index is 141. The summed E-state index contributed by atoms with van der Waals surface area (Å²) in [6.45, 7) is 6.97. The Hall–Kier alpha value is -0.610. The first-order valence-corrected chi connectivity index (χ1v) is 5.13. The molecule has 4 heteroatoms. The third-order valence-corrected chi connectivity index (χ3v) is 1.54. The van der Waals surface area contributed by atoms with Crippen LogP contribution in [0.5, 0.6) is 0 Å². The maximum atomic E-state index is 11.0. The lowest BCUT2D eigenvalue weighted by molar-refractivity contribution is -0.179. The summed E-state index contributed by atoms with van der Waals surface area (Å²) in [5.41, 5.74) is 0. The third kappa shape index (κ3) is 6.86. The number of carbonyl (C=O) groups excluding carboxylic acids is 1. The molecular weight excluding hydrogens is 184 g/mol. The van der Waals surface area contributed by atoms with Gasteiger partial charge in [-0.2, -0.15) is 0 Å². The van der Waals surface area contributed by atoms with E-state index in [9.17, 15) is 4.79 Å². The predicted molar refractivity (Wildman–Crippen MR) is 52.9 cm³/mol. The minimum atomic E-state index is -0.425. The standard InChI is InChI=1S/C10H20O4/c1-4-7-9(11)14-8-10(12-5-2)13-6-3/h10H,4-8H2,1-3H3. The minimum Gasteiger partial charge on any atom is -0.460 e. The van der Waals surface area contributed by atoms with Crippen LogP contribution in [-0.4, -0.2) is 32.1 Å². The normalized spacial score (nSPS) is 10.6. The van der Waals surface area contributed by atoms with Crippen molar-refractivity contribution in [2.24, 2.45) is 0 Å². The van der Waals surface area contributed by atoms with Crippen LogP contribution in [-0.2, 0) is 19.0 Å². The monoisotopic (exact) mass is 204 g/mol. The van der Waals surface area contributed by atoms with Crippen molar-refractivity contribution in [3.63, 3.8) is 0 Å². The highest BCUT2D eigenvalue weighted by Gasteiger charge is 2.10. The Labute approximate surface area is 85.5 Å². The Morgan fingerprint density at radius 2 is 1.71 bits per heavy atom. The molecular formula is C10H20O4. The van der Waals surface area contributed by atoms with Crippen LogP contribution in [0, 0.1) is 0 Å². The summed E-state index contributed by atoms with van der Waals surface area (Å²) in [7, 11) is 0. The van der Waals surface area contributed by atoms with Crippen LogP contribution in [0.25, 0.3) is 0 Å². The first-order chi connectivity index (χ1) is 6.74. The van der Waals surface area contributed by atoms with Crippen LogP contribution in [0.15, 0.2) is 0 Å². The maximum Gasteiger partial charge on any atom is 0.305 e. The molecule has 0 fully saturated rings. The van der Waals surface area contributed by atoms with Gasteiger partial charge in [0.15, 0.2) is 6.29 Å². The molecule has 0 unspecified atom stereocenters. The second kappa shape index (κ2) is 8.97. The van der Waals surface area contributed by atoms with Crippen molar-refractivity contribution in [1.29, 1.82) is 0 Å². The van der Waals surface area contributed by atoms with Crippen molar-refractivity contribution in [3.8, 4) is 0 Å². The highest BCUT2D eigenvalue weighted by Crippen LogP contribution is 1.98. The van der Waals surface area contributed by atoms with E-state index in [0.717, 1.165) is 6.42 Å². The molecule has 0 saturated carbocycles. The van der Waals surface area contributed by atoms with Crippen LogP contribution in [0.1, 0.15) is 33.6 Å². The summed E-state index contributed by atoms with van der Waals surface area (Å²) < 4.78 is 15.4. The van der Waals surface area contributed by atoms with Crippen LogP contribution >= 0.6 is 0 Å². The molecule has 14 heavy (non-hydrogen) atoms. The van der Waals surface area contributed by atoms with Crippen molar-refractivity contribution in [2.45, 2.75) is 39.9 Å². The van der Waals surface area contributed by atoms with Crippen LogP contribution < -0.4 is 0 Å². The zero-order valence-electron chi connectivity index (χ0n) is 9.25. The molecule has 0 aliphatic heterocycles. The molecule has 0 bridgehead atoms. The zero-order valence-corrected chi connectivity index (χ0v) is 9.25. The fourth-order valence-corrected chi connectivity index (χ4v) is 0.953. The molecule has 0 aromatic heterocycles. The lowest BCUT2D eigenvalue weighted by Gasteiger charge is -2.16. The lowest BCUT2D eigenvalue weighted by atomic mass is 10.3. The highest BCUT2D eigenvalue weighted by atomic mass is 16.7. The fourth-order valence-electron chi connectivity index (χ4n) is 0.953. The van der Waals surface area contributed by atoms with E-state index in [1.54, 1.807) is 0 Å². The summed E-state index contributed by atoms with van der Waals surface area (Å²) in [4.78, 5) is 11.0. The van der Waals surface area contributed by atoms with Gasteiger partial charge in [-0.05, 0) is 20.3 Å². The number of hydrogen-bond donors (Lipinski definition) is 0. The topological polar surface area (TPSA) is 44.8 Å². The summed E-state index contributed by atoms with van der Waals surface area (Å²) in [5, 5.41) is 0. The Balaban J connectivity index is 3.63. The van der Waals surface area contributed by atoms with Gasteiger partial charge in [0.1, 0.15) is 6.61 Å². The molecule has 0 aliphatic rings. The van der Waals surface area contributed by atoms with E-state index in [1.165, 1.54) is 0 Å². The van der Waals surface area contributed by atoms with E-state index < -0.39 is 6.29 Å². The van der Waals surface area contributed by atoms with E-state index in [-0.39, 0.29) is 12.6 Å². The Kier molecular flexibility index (Phi) is 8.57. The van der Waals surface area contributed by atoms with Crippen LogP contribution in [0.2, 0.25) is 0 Å². The van der Waals surface area contributed by atoms with E-state index in [0.29, 0.717) is 19.6 Å². The third-order valence-electron chi connectivity index (χ3n) is 1.54. The second-order valence-electron chi connectivity index (χ2n) is 2.77. The first-order valence-electron chi connectivity index (χ1n) is 5.13. The molecule has 0 amide bonds. The molecule has 0 rings (SSSR count). The average Bonchev–Trinajstić information content (AvgIpc) is 2.15. The van der Waals surface area contributed by atoms with Gasteiger partial charge >= 0.3 is 5.97 Å². The predicted octanol–water partition coefficient (Wildman–Crippen LogP) is 1.73. The fraction of sp³-hybridized carbons (Fsp3) is 0.900. The zero-order chi connectivity index (χ0) is 10.8. The van der Waals surface area contributed by atoms with Gasteiger partial charge in [-0.1, -0.05) is 6.92 Å². The molecule has 0 heterocycles. The summed E-state index contributed by atoms with van der Waals surface area (Å²) in [5.74, 6) is -0.197. The minimum absolute atomic E-state index is 0.181. The number of hydrogen-bond acceptors (Lipinski definition) is 4. The van der Waals surface area contributed by atoms with Gasteiger partial charge in [-0.25, -0.2) is 0 Å². The van der Waals surface area contributed by atoms with E-state index in [2.05, 4.69) is 0 Å². The van der Waals surface area contributed by atoms with Gasteiger partial charge < -0.3 is 14.2 Å². The van der Waals surface area contributed by atoms with E-state index in [4.69, 9.17) is 14.2 Å². The number of ether oxygens (including phenoxy) is 3. The smallest absolute Gasteiger partial charge is 0.305 e. The van der Waals surface area contributed by atoms with Gasteiger partial charge in [0.05, 0.1) is 0 Å². The molecule has 0 spiro atoms. The maximum absolute atomic E-state index is 11.0. The molecule has 0 saturated heterocycles. The summed E-state index contributed by atoms with van der Waals surface area (Å²) >= 11 is 0. The SMILES string of the molecule is CCCC(=O)OCC(OCC)OCC. The van der Waals surface area contributed by atoms with Gasteiger partial charge in [-0.3, -0.25) is 4.79 Å². The summed E-state index contributed by atoms with van der Waals surface area (Å²) in [6.07, 6.45) is 0.823. The quantitative estimate of drug-likeness (QED) is 0.446. The van der Waals surface area contributed by atoms with Crippen LogP contribution in [0.3, 0.4) is 0 Å². The molecule has 0 aromatic rings. The molecule has 0 N–H and O–H groups in total. The van der Waals surface area contributed by atoms with Crippen molar-refractivity contribution < 1.29 is 19.0 Å². The molecule has 0 atom stereocenters. The van der Waals surface area contributed by atoms with E-state index >= 15 is 0 Å². The number of carbonyl (C=O) groups is 1. The van der Waals surface area contributed by atoms with Crippen molar-refractivity contribution in [2.75, 3.05) is 19.8 Å². The first kappa shape index (κ1) is 13.4. The van der Waals surface area contributed by atoms with Crippen molar-refractivity contribution >= 4 is 5.97 Å². The highest BCUT2D eigenvalue weighted by molar-refractivity contribution is 5.69. The van der Waals surface area contributed by atoms with Gasteiger partial charge in [0, 0.05) is 19.6 Å². The van der Waals surface area contributed by atoms with Crippen molar-refractivity contribution in [3.05, 3.63) is 0 Å². The number of esters is 1. The molecule has 4 nitrogen and oxygen atoms in total. The lowest BCUT2D eigenvalue weighted by Crippen LogP contribution is -2.25. The van der Waals surface area contributed by atoms with Gasteiger partial charge in [0.2, 0.25) is 0 Å². The molecule has 84 valence electrons. The number of rotatable bonds is 8. The average molecular weight is 204 g/mol. The van der Waals surface area contributed by atoms with Gasteiger partial charge in [0.25, 0.3) is 0 Å². The van der Waals surface area contributed by atoms with Crippen molar-refractivity contribution in [1.82, 2.24) is 0 Å². The Morgan fingerprint density at radius 1 is 1.14 bits per heavy atom. The summed E-state index contributed by atoms with van der Waals surface area (Å²) in [6, 6.07) is 0. The molecule has 0 radical (unpaired) electrons. The molecule has 0 aliphatic carbocycles. The second-order valence-corrected chi connectivity index (χ2v) is 2.77. The van der Waals surface area contributed by atoms with Gasteiger partial charge in [-0.15, -0.1) is 0 Å². The largest absolute Gasteiger partial charge is 0.460 e.